The van der Waals surface area contributed by atoms with Gasteiger partial charge in [-0.3, -0.25) is 9.89 Å². The van der Waals surface area contributed by atoms with E-state index in [1.165, 1.54) is 17.8 Å². The number of hydrogen-bond donors (Lipinski definition) is 3. The maximum Gasteiger partial charge on any atom is 0.289 e. The molecular weight excluding hydrogens is 356 g/mol. The number of carbonyl (C=O) groups excluding carboxylic acids is 1. The van der Waals surface area contributed by atoms with Gasteiger partial charge in [0.1, 0.15) is 5.69 Å². The van der Waals surface area contributed by atoms with Gasteiger partial charge in [-0.15, -0.1) is 0 Å². The number of hydrazone groups is 1. The Morgan fingerprint density at radius 3 is 3.04 bits per heavy atom. The third kappa shape index (κ3) is 3.34. The van der Waals surface area contributed by atoms with Crippen molar-refractivity contribution >= 4 is 12.1 Å². The number of aromatic nitrogens is 2. The Bertz CT molecular complexity index is 1060. The number of nitrogens with zero attached hydrogens (tertiary/aromatic N) is 2. The zero-order valence-electron chi connectivity index (χ0n) is 15.4. The van der Waals surface area contributed by atoms with E-state index in [-0.39, 0.29) is 11.7 Å². The molecule has 3 aromatic rings. The minimum atomic E-state index is -0.340. The van der Waals surface area contributed by atoms with Gasteiger partial charge in [-0.25, -0.2) is 5.43 Å². The molecule has 7 nitrogen and oxygen atoms in total. The highest BCUT2D eigenvalue weighted by Crippen LogP contribution is 2.33. The van der Waals surface area contributed by atoms with E-state index in [9.17, 15) is 9.90 Å². The highest BCUT2D eigenvalue weighted by atomic mass is 16.5. The van der Waals surface area contributed by atoms with Gasteiger partial charge >= 0.3 is 0 Å². The zero-order chi connectivity index (χ0) is 19.5. The number of ether oxygens (including phenoxy) is 1. The second-order valence-electron chi connectivity index (χ2n) is 6.44. The van der Waals surface area contributed by atoms with E-state index < -0.39 is 0 Å². The van der Waals surface area contributed by atoms with Crippen LogP contribution in [0, 0.1) is 0 Å². The molecule has 0 spiro atoms. The SMILES string of the molecule is CCOc1cc(/C=N\NC(=O)c2[nH]nc3c2CCc2ccccc2-3)ccc1O. The summed E-state index contributed by atoms with van der Waals surface area (Å²) in [5.74, 6) is 0.0969. The summed E-state index contributed by atoms with van der Waals surface area (Å²) < 4.78 is 5.34. The Morgan fingerprint density at radius 1 is 1.32 bits per heavy atom. The van der Waals surface area contributed by atoms with Crippen LogP contribution in [0.4, 0.5) is 0 Å². The number of nitrogens with one attached hydrogen (secondary N) is 2. The fourth-order valence-electron chi connectivity index (χ4n) is 3.35. The number of phenolic OH excluding ortho intramolecular Hbond substituents is 1. The second kappa shape index (κ2) is 7.56. The lowest BCUT2D eigenvalue weighted by atomic mass is 9.89. The molecule has 0 saturated heterocycles. The standard InChI is InChI=1S/C21H20N4O3/c1-2-28-18-11-13(7-10-17(18)26)12-22-25-21(27)20-16-9-8-14-5-3-4-6-15(14)19(16)23-24-20/h3-7,10-12,26H,2,8-9H2,1H3,(H,23,24)(H,25,27)/b22-12-. The summed E-state index contributed by atoms with van der Waals surface area (Å²) >= 11 is 0. The van der Waals surface area contributed by atoms with Crippen molar-refractivity contribution in [1.82, 2.24) is 15.6 Å². The van der Waals surface area contributed by atoms with Crippen molar-refractivity contribution in [3.8, 4) is 22.8 Å². The predicted octanol–water partition coefficient (Wildman–Crippen LogP) is 3.04. The van der Waals surface area contributed by atoms with Gasteiger partial charge in [0, 0.05) is 11.1 Å². The summed E-state index contributed by atoms with van der Waals surface area (Å²) in [4.78, 5) is 12.5. The predicted molar refractivity (Wildman–Crippen MR) is 106 cm³/mol. The van der Waals surface area contributed by atoms with Gasteiger partial charge in [0.25, 0.3) is 5.91 Å². The number of fused-ring (bicyclic) bond motifs is 3. The summed E-state index contributed by atoms with van der Waals surface area (Å²) in [6, 6.07) is 13.0. The highest BCUT2D eigenvalue weighted by molar-refractivity contribution is 5.96. The minimum absolute atomic E-state index is 0.0624. The molecule has 0 unspecified atom stereocenters. The number of aryl methyl sites for hydroxylation is 1. The summed E-state index contributed by atoms with van der Waals surface area (Å²) in [7, 11) is 0. The molecule has 2 aromatic carbocycles. The molecule has 1 heterocycles. The first-order valence-electron chi connectivity index (χ1n) is 9.12. The Morgan fingerprint density at radius 2 is 2.18 bits per heavy atom. The normalized spacial score (nSPS) is 12.5. The maximum atomic E-state index is 12.5. The molecule has 1 aromatic heterocycles. The first kappa shape index (κ1) is 17.8. The van der Waals surface area contributed by atoms with Gasteiger partial charge in [-0.05, 0) is 49.1 Å². The number of benzene rings is 2. The van der Waals surface area contributed by atoms with Crippen molar-refractivity contribution in [1.29, 1.82) is 0 Å². The first-order valence-corrected chi connectivity index (χ1v) is 9.12. The summed E-state index contributed by atoms with van der Waals surface area (Å²) in [6.45, 7) is 2.28. The molecule has 0 bridgehead atoms. The van der Waals surface area contributed by atoms with Crippen LogP contribution in [-0.2, 0) is 12.8 Å². The lowest BCUT2D eigenvalue weighted by Gasteiger charge is -2.15. The average Bonchev–Trinajstić information content (AvgIpc) is 3.15. The summed E-state index contributed by atoms with van der Waals surface area (Å²) in [5.41, 5.74) is 7.70. The van der Waals surface area contributed by atoms with Crippen LogP contribution in [0.1, 0.15) is 34.1 Å². The number of phenols is 1. The van der Waals surface area contributed by atoms with Gasteiger partial charge in [-0.2, -0.15) is 10.2 Å². The molecule has 0 fully saturated rings. The number of H-pyrrole nitrogens is 1. The number of aromatic hydroxyl groups is 1. The Hall–Kier alpha value is -3.61. The maximum absolute atomic E-state index is 12.5. The Kier molecular flexibility index (Phi) is 4.80. The third-order valence-electron chi connectivity index (χ3n) is 4.67. The topological polar surface area (TPSA) is 99.6 Å². The lowest BCUT2D eigenvalue weighted by molar-refractivity contribution is 0.0949. The van der Waals surface area contributed by atoms with Gasteiger partial charge in [0.05, 0.1) is 18.5 Å². The molecule has 0 atom stereocenters. The fourth-order valence-corrected chi connectivity index (χ4v) is 3.35. The fraction of sp³-hybridized carbons (Fsp3) is 0.190. The molecule has 1 aliphatic rings. The van der Waals surface area contributed by atoms with E-state index in [1.54, 1.807) is 12.1 Å². The second-order valence-corrected chi connectivity index (χ2v) is 6.44. The summed E-state index contributed by atoms with van der Waals surface area (Å²) in [6.07, 6.45) is 3.13. The average molecular weight is 376 g/mol. The van der Waals surface area contributed by atoms with Crippen molar-refractivity contribution in [2.24, 2.45) is 5.10 Å². The van der Waals surface area contributed by atoms with Crippen LogP contribution in [-0.4, -0.2) is 34.0 Å². The van der Waals surface area contributed by atoms with Crippen molar-refractivity contribution < 1.29 is 14.6 Å². The van der Waals surface area contributed by atoms with Crippen molar-refractivity contribution in [3.63, 3.8) is 0 Å². The monoisotopic (exact) mass is 376 g/mol. The van der Waals surface area contributed by atoms with Crippen LogP contribution in [0.5, 0.6) is 11.5 Å². The van der Waals surface area contributed by atoms with Crippen LogP contribution in [0.2, 0.25) is 0 Å². The van der Waals surface area contributed by atoms with E-state index in [1.807, 2.05) is 25.1 Å². The molecule has 1 aliphatic carbocycles. The molecule has 28 heavy (non-hydrogen) atoms. The molecule has 0 radical (unpaired) electrons. The van der Waals surface area contributed by atoms with Crippen molar-refractivity contribution in [2.75, 3.05) is 6.61 Å². The van der Waals surface area contributed by atoms with Gasteiger partial charge in [0.2, 0.25) is 0 Å². The highest BCUT2D eigenvalue weighted by Gasteiger charge is 2.24. The van der Waals surface area contributed by atoms with Crippen LogP contribution in [0.3, 0.4) is 0 Å². The largest absolute Gasteiger partial charge is 0.504 e. The first-order chi connectivity index (χ1) is 13.7. The van der Waals surface area contributed by atoms with Gasteiger partial charge in [0.15, 0.2) is 11.5 Å². The molecule has 1 amide bonds. The molecule has 7 heteroatoms. The smallest absolute Gasteiger partial charge is 0.289 e. The third-order valence-corrected chi connectivity index (χ3v) is 4.67. The van der Waals surface area contributed by atoms with Crippen molar-refractivity contribution in [2.45, 2.75) is 19.8 Å². The number of aromatic amines is 1. The van der Waals surface area contributed by atoms with E-state index in [4.69, 9.17) is 4.74 Å². The number of amides is 1. The van der Waals surface area contributed by atoms with Gasteiger partial charge in [-0.1, -0.05) is 24.3 Å². The van der Waals surface area contributed by atoms with E-state index in [0.29, 0.717) is 23.6 Å². The quantitative estimate of drug-likeness (QED) is 0.471. The number of rotatable bonds is 5. The van der Waals surface area contributed by atoms with E-state index in [0.717, 1.165) is 29.7 Å². The molecule has 0 aliphatic heterocycles. The Labute approximate surface area is 162 Å². The lowest BCUT2D eigenvalue weighted by Crippen LogP contribution is -2.20. The molecule has 4 rings (SSSR count). The molecule has 142 valence electrons. The van der Waals surface area contributed by atoms with Crippen LogP contribution >= 0.6 is 0 Å². The zero-order valence-corrected chi connectivity index (χ0v) is 15.4. The summed E-state index contributed by atoms with van der Waals surface area (Å²) in [5, 5.41) is 20.9. The van der Waals surface area contributed by atoms with E-state index in [2.05, 4.69) is 26.8 Å². The van der Waals surface area contributed by atoms with E-state index >= 15 is 0 Å². The van der Waals surface area contributed by atoms with Crippen LogP contribution in [0.15, 0.2) is 47.6 Å². The molecule has 3 N–H and O–H groups in total. The number of hydrogen-bond acceptors (Lipinski definition) is 5. The molecular formula is C21H20N4O3. The van der Waals surface area contributed by atoms with Crippen LogP contribution < -0.4 is 10.2 Å². The van der Waals surface area contributed by atoms with Crippen molar-refractivity contribution in [3.05, 3.63) is 64.8 Å². The Balaban J connectivity index is 1.49. The van der Waals surface area contributed by atoms with Gasteiger partial charge < -0.3 is 9.84 Å². The number of carbonyl (C=O) groups is 1. The van der Waals surface area contributed by atoms with Crippen LogP contribution in [0.25, 0.3) is 11.3 Å². The molecule has 0 saturated carbocycles. The minimum Gasteiger partial charge on any atom is -0.504 e.